The first-order valence-electron chi connectivity index (χ1n) is 3.56. The summed E-state index contributed by atoms with van der Waals surface area (Å²) in [6.07, 6.45) is 0. The molecule has 0 aliphatic heterocycles. The highest BCUT2D eigenvalue weighted by atomic mass is 16.6. The van der Waals surface area contributed by atoms with Crippen LogP contribution in [0.25, 0.3) is 0 Å². The van der Waals surface area contributed by atoms with Gasteiger partial charge in [-0.15, -0.1) is 0 Å². The Morgan fingerprint density at radius 1 is 1.36 bits per heavy atom. The molecule has 1 heterocycles. The second kappa shape index (κ2) is 3.81. The van der Waals surface area contributed by atoms with Gasteiger partial charge in [-0.2, -0.15) is 4.98 Å². The van der Waals surface area contributed by atoms with Crippen LogP contribution in [0.4, 0.5) is 17.5 Å². The van der Waals surface area contributed by atoms with Gasteiger partial charge in [0.1, 0.15) is 5.69 Å². The molecule has 0 unspecified atom stereocenters. The van der Waals surface area contributed by atoms with Crippen molar-refractivity contribution in [2.45, 2.75) is 6.92 Å². The van der Waals surface area contributed by atoms with Crippen LogP contribution < -0.4 is 22.5 Å². The molecule has 0 saturated carbocycles. The van der Waals surface area contributed by atoms with E-state index in [-0.39, 0.29) is 23.1 Å². The van der Waals surface area contributed by atoms with Crippen LogP contribution in [-0.2, 0) is 0 Å². The monoisotopic (exact) mass is 199 g/mol. The quantitative estimate of drug-likeness (QED) is 0.283. The van der Waals surface area contributed by atoms with Crippen molar-refractivity contribution in [1.29, 1.82) is 0 Å². The summed E-state index contributed by atoms with van der Waals surface area (Å²) in [5, 5.41) is 10.6. The van der Waals surface area contributed by atoms with Crippen LogP contribution in [0, 0.1) is 17.0 Å². The van der Waals surface area contributed by atoms with Crippen molar-refractivity contribution in [3.63, 3.8) is 0 Å². The van der Waals surface area contributed by atoms with E-state index >= 15 is 0 Å². The Hall–Kier alpha value is -2.00. The second-order valence-corrected chi connectivity index (χ2v) is 2.38. The van der Waals surface area contributed by atoms with E-state index in [0.717, 1.165) is 0 Å². The summed E-state index contributed by atoms with van der Waals surface area (Å²) in [6.45, 7) is 1.46. The highest BCUT2D eigenvalue weighted by Crippen LogP contribution is 2.24. The molecule has 1 aromatic rings. The smallest absolute Gasteiger partial charge is 0.303 e. The zero-order valence-corrected chi connectivity index (χ0v) is 7.31. The summed E-state index contributed by atoms with van der Waals surface area (Å²) in [5.41, 5.74) is 4.17. The summed E-state index contributed by atoms with van der Waals surface area (Å²) in [4.78, 5) is 17.4. The van der Waals surface area contributed by atoms with Crippen LogP contribution in [0.3, 0.4) is 0 Å². The average Bonchev–Trinajstić information content (AvgIpc) is 2.15. The van der Waals surface area contributed by atoms with Gasteiger partial charge >= 0.3 is 5.69 Å². The third kappa shape index (κ3) is 1.67. The predicted molar refractivity (Wildman–Crippen MR) is 49.0 cm³/mol. The molecule has 0 aliphatic rings. The minimum Gasteiger partial charge on any atom is -0.303 e. The lowest BCUT2D eigenvalue weighted by molar-refractivity contribution is -0.385. The Kier molecular flexibility index (Phi) is 2.74. The van der Waals surface area contributed by atoms with E-state index in [2.05, 4.69) is 20.8 Å². The molecule has 0 amide bonds. The highest BCUT2D eigenvalue weighted by molar-refractivity contribution is 5.59. The Labute approximate surface area is 78.6 Å². The molecule has 0 aromatic carbocycles. The number of rotatable bonds is 3. The van der Waals surface area contributed by atoms with Gasteiger partial charge in [0.15, 0.2) is 0 Å². The van der Waals surface area contributed by atoms with Gasteiger partial charge in [0, 0.05) is 0 Å². The number of nitrogens with one attached hydrogen (secondary N) is 2. The largest absolute Gasteiger partial charge is 0.333 e. The van der Waals surface area contributed by atoms with Crippen LogP contribution in [0.5, 0.6) is 0 Å². The number of anilines is 2. The summed E-state index contributed by atoms with van der Waals surface area (Å²) >= 11 is 0. The van der Waals surface area contributed by atoms with E-state index in [4.69, 9.17) is 11.7 Å². The topological polar surface area (TPSA) is 145 Å². The number of hydrazine groups is 2. The fraction of sp³-hybridized carbons (Fsp3) is 0.200. The summed E-state index contributed by atoms with van der Waals surface area (Å²) in [6, 6.07) is 0. The van der Waals surface area contributed by atoms with Crippen molar-refractivity contribution in [2.24, 2.45) is 11.7 Å². The van der Waals surface area contributed by atoms with E-state index in [1.165, 1.54) is 6.92 Å². The van der Waals surface area contributed by atoms with E-state index in [1.807, 2.05) is 0 Å². The number of aromatic nitrogens is 2. The van der Waals surface area contributed by atoms with Crippen LogP contribution in [0.15, 0.2) is 0 Å². The maximum atomic E-state index is 10.6. The molecule has 76 valence electrons. The molecule has 0 fully saturated rings. The molecule has 0 bridgehead atoms. The molecule has 14 heavy (non-hydrogen) atoms. The fourth-order valence-corrected chi connectivity index (χ4v) is 0.951. The second-order valence-electron chi connectivity index (χ2n) is 2.38. The zero-order valence-electron chi connectivity index (χ0n) is 7.31. The third-order valence-electron chi connectivity index (χ3n) is 1.51. The van der Waals surface area contributed by atoms with Crippen molar-refractivity contribution in [1.82, 2.24) is 9.97 Å². The first-order valence-corrected chi connectivity index (χ1v) is 3.56. The van der Waals surface area contributed by atoms with E-state index < -0.39 is 4.92 Å². The Bertz CT molecular complexity index is 365. The Balaban J connectivity index is 3.34. The SMILES string of the molecule is Cc1nc(NN)nc(NN)c1[N+](=O)[O-]. The molecule has 1 rings (SSSR count). The lowest BCUT2D eigenvalue weighted by Crippen LogP contribution is -2.17. The molecule has 1 aromatic heterocycles. The Morgan fingerprint density at radius 3 is 2.43 bits per heavy atom. The molecule has 9 heteroatoms. The van der Waals surface area contributed by atoms with E-state index in [1.54, 1.807) is 0 Å². The first-order chi connectivity index (χ1) is 6.60. The Morgan fingerprint density at radius 2 is 2.00 bits per heavy atom. The lowest BCUT2D eigenvalue weighted by atomic mass is 10.3. The molecule has 0 spiro atoms. The van der Waals surface area contributed by atoms with Gasteiger partial charge < -0.3 is 5.43 Å². The fourth-order valence-electron chi connectivity index (χ4n) is 0.951. The van der Waals surface area contributed by atoms with Crippen LogP contribution in [-0.4, -0.2) is 14.9 Å². The molecule has 0 radical (unpaired) electrons. The van der Waals surface area contributed by atoms with Gasteiger partial charge in [-0.05, 0) is 6.92 Å². The number of hydrogen-bond acceptors (Lipinski definition) is 8. The number of nitro groups is 1. The zero-order chi connectivity index (χ0) is 10.7. The minimum atomic E-state index is -0.620. The maximum absolute atomic E-state index is 10.6. The molecule has 9 nitrogen and oxygen atoms in total. The summed E-state index contributed by atoms with van der Waals surface area (Å²) < 4.78 is 0. The molecule has 0 saturated heterocycles. The van der Waals surface area contributed by atoms with Crippen LogP contribution in [0.1, 0.15) is 5.69 Å². The molecule has 0 atom stereocenters. The van der Waals surface area contributed by atoms with Crippen LogP contribution in [0.2, 0.25) is 0 Å². The number of hydrogen-bond donors (Lipinski definition) is 4. The van der Waals surface area contributed by atoms with Crippen molar-refractivity contribution >= 4 is 17.5 Å². The number of aryl methyl sites for hydroxylation is 1. The number of nitrogens with zero attached hydrogens (tertiary/aromatic N) is 3. The van der Waals surface area contributed by atoms with Gasteiger partial charge in [0.05, 0.1) is 4.92 Å². The number of nitrogen functional groups attached to an aromatic ring is 2. The standard InChI is InChI=1S/C5H9N7O2/c1-2-3(12(13)14)4(10-6)9-5(8-2)11-7/h6-7H2,1H3,(H2,8,9,10,11). The van der Waals surface area contributed by atoms with Gasteiger partial charge in [-0.3, -0.25) is 15.5 Å². The van der Waals surface area contributed by atoms with Crippen molar-refractivity contribution in [2.75, 3.05) is 10.9 Å². The van der Waals surface area contributed by atoms with Gasteiger partial charge in [0.25, 0.3) is 0 Å². The predicted octanol–water partition coefficient (Wildman–Crippen LogP) is -0.736. The minimum absolute atomic E-state index is 0.0565. The average molecular weight is 199 g/mol. The summed E-state index contributed by atoms with van der Waals surface area (Å²) in [5.74, 6) is 10.1. The molecule has 6 N–H and O–H groups in total. The maximum Gasteiger partial charge on any atom is 0.333 e. The number of nitrogens with two attached hydrogens (primary N) is 2. The first kappa shape index (κ1) is 10.1. The van der Waals surface area contributed by atoms with Gasteiger partial charge in [0.2, 0.25) is 11.8 Å². The summed E-state index contributed by atoms with van der Waals surface area (Å²) in [7, 11) is 0. The normalized spacial score (nSPS) is 9.64. The van der Waals surface area contributed by atoms with Crippen molar-refractivity contribution < 1.29 is 4.92 Å². The van der Waals surface area contributed by atoms with E-state index in [9.17, 15) is 10.1 Å². The van der Waals surface area contributed by atoms with Crippen LogP contribution >= 0.6 is 0 Å². The van der Waals surface area contributed by atoms with Crippen molar-refractivity contribution in [3.05, 3.63) is 15.8 Å². The van der Waals surface area contributed by atoms with Gasteiger partial charge in [-0.1, -0.05) is 0 Å². The lowest BCUT2D eigenvalue weighted by Gasteiger charge is -2.05. The molecular formula is C5H9N7O2. The third-order valence-corrected chi connectivity index (χ3v) is 1.51. The molecule has 0 aliphatic carbocycles. The highest BCUT2D eigenvalue weighted by Gasteiger charge is 2.20. The van der Waals surface area contributed by atoms with Gasteiger partial charge in [-0.25, -0.2) is 16.7 Å². The molecular weight excluding hydrogens is 190 g/mol. The van der Waals surface area contributed by atoms with E-state index in [0.29, 0.717) is 0 Å². The van der Waals surface area contributed by atoms with Crippen molar-refractivity contribution in [3.8, 4) is 0 Å².